The lowest BCUT2D eigenvalue weighted by Crippen LogP contribution is -2.49. The van der Waals surface area contributed by atoms with E-state index in [1.165, 1.54) is 38.2 Å². The van der Waals surface area contributed by atoms with E-state index >= 15 is 0 Å². The van der Waals surface area contributed by atoms with Crippen molar-refractivity contribution in [2.45, 2.75) is 19.0 Å². The number of nitrogens with zero attached hydrogens (tertiary/aromatic N) is 2. The van der Waals surface area contributed by atoms with Gasteiger partial charge in [-0.1, -0.05) is 33.6 Å². The summed E-state index contributed by atoms with van der Waals surface area (Å²) in [6.45, 7) is 8.07. The molecule has 1 N–H and O–H groups in total. The number of piperazine rings is 1. The van der Waals surface area contributed by atoms with Crippen LogP contribution in [0.25, 0.3) is 0 Å². The molecule has 2 fully saturated rings. The third-order valence-corrected chi connectivity index (χ3v) is 5.30. The molecule has 0 aliphatic carbocycles. The smallest absolute Gasteiger partial charge is 0.0417 e. The Kier molecular flexibility index (Phi) is 5.00. The Hall–Kier alpha value is -0.130. The van der Waals surface area contributed by atoms with Gasteiger partial charge in [-0.15, -0.1) is 0 Å². The standard InChI is InChI=1S/C15H21BrClN3/c16-15-9-13(17)2-1-12(15)10-19-6-3-14(11-19)20-7-4-18-5-8-20/h1-2,9,14,18H,3-8,10-11H2. The van der Waals surface area contributed by atoms with Crippen molar-refractivity contribution >= 4 is 27.5 Å². The molecular weight excluding hydrogens is 338 g/mol. The van der Waals surface area contributed by atoms with Crippen LogP contribution in [0.2, 0.25) is 5.02 Å². The summed E-state index contributed by atoms with van der Waals surface area (Å²) in [4.78, 5) is 5.20. The van der Waals surface area contributed by atoms with Crippen LogP contribution >= 0.6 is 27.5 Å². The van der Waals surface area contributed by atoms with Crippen LogP contribution in [-0.2, 0) is 6.54 Å². The van der Waals surface area contributed by atoms with Gasteiger partial charge in [-0.2, -0.15) is 0 Å². The Morgan fingerprint density at radius 2 is 2.05 bits per heavy atom. The van der Waals surface area contributed by atoms with E-state index in [2.05, 4.69) is 37.1 Å². The van der Waals surface area contributed by atoms with Crippen molar-refractivity contribution in [3.63, 3.8) is 0 Å². The Labute approximate surface area is 134 Å². The van der Waals surface area contributed by atoms with Crippen LogP contribution in [0.5, 0.6) is 0 Å². The van der Waals surface area contributed by atoms with Crippen molar-refractivity contribution in [1.29, 1.82) is 0 Å². The van der Waals surface area contributed by atoms with Gasteiger partial charge in [0.1, 0.15) is 0 Å². The van der Waals surface area contributed by atoms with Crippen molar-refractivity contribution in [2.24, 2.45) is 0 Å². The average molecular weight is 359 g/mol. The molecule has 1 aromatic rings. The summed E-state index contributed by atoms with van der Waals surface area (Å²) in [7, 11) is 0. The number of likely N-dealkylation sites (tertiary alicyclic amines) is 1. The van der Waals surface area contributed by atoms with E-state index in [0.717, 1.165) is 35.2 Å². The highest BCUT2D eigenvalue weighted by Crippen LogP contribution is 2.25. The van der Waals surface area contributed by atoms with E-state index in [-0.39, 0.29) is 0 Å². The minimum Gasteiger partial charge on any atom is -0.314 e. The number of hydrogen-bond donors (Lipinski definition) is 1. The van der Waals surface area contributed by atoms with Gasteiger partial charge >= 0.3 is 0 Å². The quantitative estimate of drug-likeness (QED) is 0.896. The van der Waals surface area contributed by atoms with E-state index in [1.807, 2.05) is 12.1 Å². The molecule has 3 rings (SSSR count). The average Bonchev–Trinajstić information content (AvgIpc) is 2.92. The van der Waals surface area contributed by atoms with Crippen LogP contribution in [0.15, 0.2) is 22.7 Å². The van der Waals surface area contributed by atoms with Crippen molar-refractivity contribution in [1.82, 2.24) is 15.1 Å². The molecule has 0 aromatic heterocycles. The molecule has 20 heavy (non-hydrogen) atoms. The minimum absolute atomic E-state index is 0.739. The van der Waals surface area contributed by atoms with Gasteiger partial charge in [-0.25, -0.2) is 0 Å². The SMILES string of the molecule is Clc1ccc(CN2CCC(N3CCNCC3)C2)c(Br)c1. The highest BCUT2D eigenvalue weighted by molar-refractivity contribution is 9.10. The molecule has 2 saturated heterocycles. The van der Waals surface area contributed by atoms with Gasteiger partial charge in [-0.3, -0.25) is 9.80 Å². The van der Waals surface area contributed by atoms with Gasteiger partial charge in [0.05, 0.1) is 0 Å². The maximum atomic E-state index is 6.00. The maximum absolute atomic E-state index is 6.00. The topological polar surface area (TPSA) is 18.5 Å². The summed E-state index contributed by atoms with van der Waals surface area (Å²) in [6.07, 6.45) is 1.30. The monoisotopic (exact) mass is 357 g/mol. The number of hydrogen-bond acceptors (Lipinski definition) is 3. The zero-order valence-corrected chi connectivity index (χ0v) is 14.0. The first-order chi connectivity index (χ1) is 9.72. The molecule has 1 aromatic carbocycles. The Balaban J connectivity index is 1.57. The fraction of sp³-hybridized carbons (Fsp3) is 0.600. The van der Waals surface area contributed by atoms with Crippen molar-refractivity contribution in [2.75, 3.05) is 39.3 Å². The number of benzene rings is 1. The van der Waals surface area contributed by atoms with Crippen molar-refractivity contribution < 1.29 is 0 Å². The summed E-state index contributed by atoms with van der Waals surface area (Å²) in [5, 5.41) is 4.22. The molecule has 0 bridgehead atoms. The summed E-state index contributed by atoms with van der Waals surface area (Å²) in [5.41, 5.74) is 1.33. The molecule has 2 aliphatic heterocycles. The van der Waals surface area contributed by atoms with E-state index in [4.69, 9.17) is 11.6 Å². The summed E-state index contributed by atoms with van der Waals surface area (Å²) < 4.78 is 1.12. The fourth-order valence-electron chi connectivity index (χ4n) is 3.19. The highest BCUT2D eigenvalue weighted by atomic mass is 79.9. The number of halogens is 2. The molecule has 1 atom stereocenters. The van der Waals surface area contributed by atoms with Gasteiger partial charge in [-0.05, 0) is 24.1 Å². The number of rotatable bonds is 3. The molecule has 0 radical (unpaired) electrons. The molecule has 5 heteroatoms. The first kappa shape index (κ1) is 14.8. The van der Waals surface area contributed by atoms with Crippen LogP contribution in [-0.4, -0.2) is 55.1 Å². The third-order valence-electron chi connectivity index (χ3n) is 4.32. The maximum Gasteiger partial charge on any atom is 0.0417 e. The summed E-state index contributed by atoms with van der Waals surface area (Å²) >= 11 is 9.62. The largest absolute Gasteiger partial charge is 0.314 e. The van der Waals surface area contributed by atoms with Gasteiger partial charge in [0.15, 0.2) is 0 Å². The van der Waals surface area contributed by atoms with Crippen molar-refractivity contribution in [3.8, 4) is 0 Å². The Bertz CT molecular complexity index is 462. The lowest BCUT2D eigenvalue weighted by molar-refractivity contribution is 0.170. The van der Waals surface area contributed by atoms with Crippen LogP contribution in [0.4, 0.5) is 0 Å². The van der Waals surface area contributed by atoms with Crippen LogP contribution in [0, 0.1) is 0 Å². The first-order valence-electron chi connectivity index (χ1n) is 7.33. The second kappa shape index (κ2) is 6.75. The molecule has 2 aliphatic rings. The van der Waals surface area contributed by atoms with E-state index in [0.29, 0.717) is 0 Å². The number of nitrogens with one attached hydrogen (secondary N) is 1. The predicted molar refractivity (Wildman–Crippen MR) is 87.3 cm³/mol. The lowest BCUT2D eigenvalue weighted by Gasteiger charge is -2.32. The molecule has 0 amide bonds. The van der Waals surface area contributed by atoms with Crippen molar-refractivity contribution in [3.05, 3.63) is 33.3 Å². The van der Waals surface area contributed by atoms with Gasteiger partial charge in [0.2, 0.25) is 0 Å². The van der Waals surface area contributed by atoms with Gasteiger partial charge in [0.25, 0.3) is 0 Å². The second-order valence-electron chi connectivity index (χ2n) is 5.70. The zero-order valence-electron chi connectivity index (χ0n) is 11.6. The molecule has 0 spiro atoms. The summed E-state index contributed by atoms with van der Waals surface area (Å²) in [6, 6.07) is 6.83. The fourth-order valence-corrected chi connectivity index (χ4v) is 4.00. The van der Waals surface area contributed by atoms with E-state index in [1.54, 1.807) is 0 Å². The molecule has 0 saturated carbocycles. The molecule has 3 nitrogen and oxygen atoms in total. The van der Waals surface area contributed by atoms with Gasteiger partial charge in [0, 0.05) is 61.4 Å². The zero-order chi connectivity index (χ0) is 13.9. The first-order valence-corrected chi connectivity index (χ1v) is 8.50. The second-order valence-corrected chi connectivity index (χ2v) is 6.99. The predicted octanol–water partition coefficient (Wildman–Crippen LogP) is 2.58. The molecule has 2 heterocycles. The molecule has 110 valence electrons. The van der Waals surface area contributed by atoms with Crippen LogP contribution in [0.3, 0.4) is 0 Å². The highest BCUT2D eigenvalue weighted by Gasteiger charge is 2.28. The van der Waals surface area contributed by atoms with E-state index in [9.17, 15) is 0 Å². The third kappa shape index (κ3) is 3.55. The van der Waals surface area contributed by atoms with Gasteiger partial charge < -0.3 is 5.32 Å². The van der Waals surface area contributed by atoms with E-state index < -0.39 is 0 Å². The molecular formula is C15H21BrClN3. The normalized spacial score (nSPS) is 25.2. The van der Waals surface area contributed by atoms with Crippen LogP contribution < -0.4 is 5.32 Å². The van der Waals surface area contributed by atoms with Crippen LogP contribution in [0.1, 0.15) is 12.0 Å². The summed E-state index contributed by atoms with van der Waals surface area (Å²) in [5.74, 6) is 0. The Morgan fingerprint density at radius 3 is 2.80 bits per heavy atom. The Morgan fingerprint density at radius 1 is 1.25 bits per heavy atom. The lowest BCUT2D eigenvalue weighted by atomic mass is 10.2. The molecule has 1 unspecified atom stereocenters. The minimum atomic E-state index is 0.739.